The largest absolute Gasteiger partial charge is 0.497 e. The number of rotatable bonds is 5. The molecule has 0 fully saturated rings. The molecule has 0 saturated heterocycles. The number of benzene rings is 4. The van der Waals surface area contributed by atoms with Crippen LogP contribution in [0, 0.1) is 0 Å². The zero-order chi connectivity index (χ0) is 27.1. The molecule has 1 atom stereocenters. The lowest BCUT2D eigenvalue weighted by molar-refractivity contribution is 0.357. The average Bonchev–Trinajstić information content (AvgIpc) is 2.98. The minimum Gasteiger partial charge on any atom is -0.497 e. The highest BCUT2D eigenvalue weighted by Gasteiger charge is 2.26. The van der Waals surface area contributed by atoms with Crippen LogP contribution in [-0.4, -0.2) is 35.4 Å². The van der Waals surface area contributed by atoms with E-state index < -0.39 is 7.53 Å². The SMILES string of the molecule is COc1ccc2c(c1)CCp1c-2cc2c(-c3ccc(-c4ccccc4)cc3)c(OC)c(OC)cc2c1=[N+](C)C. The molecule has 1 aliphatic heterocycles. The van der Waals surface area contributed by atoms with Gasteiger partial charge in [0.05, 0.1) is 26.7 Å². The van der Waals surface area contributed by atoms with Gasteiger partial charge in [0.2, 0.25) is 5.09 Å². The number of fused-ring (bicyclic) bond motifs is 4. The van der Waals surface area contributed by atoms with Crippen molar-refractivity contribution in [1.82, 2.24) is 4.58 Å². The van der Waals surface area contributed by atoms with Crippen molar-refractivity contribution < 1.29 is 14.2 Å². The number of hydrogen-bond acceptors (Lipinski definition) is 3. The van der Waals surface area contributed by atoms with Crippen molar-refractivity contribution in [1.29, 1.82) is 0 Å². The monoisotopic (exact) mass is 534 g/mol. The average molecular weight is 535 g/mol. The van der Waals surface area contributed by atoms with Gasteiger partial charge < -0.3 is 14.2 Å². The second kappa shape index (κ2) is 10.3. The maximum Gasteiger partial charge on any atom is 0.224 e. The van der Waals surface area contributed by atoms with Crippen molar-refractivity contribution in [2.75, 3.05) is 35.4 Å². The first-order chi connectivity index (χ1) is 19.0. The fourth-order valence-corrected chi connectivity index (χ4v) is 8.78. The molecule has 2 heterocycles. The summed E-state index contributed by atoms with van der Waals surface area (Å²) in [6, 6.07) is 30.4. The molecule has 4 aromatic carbocycles. The normalized spacial score (nSPS) is 12.5. The van der Waals surface area contributed by atoms with Crippen LogP contribution in [0.2, 0.25) is 0 Å². The molecule has 0 amide bonds. The Balaban J connectivity index is 1.68. The topological polar surface area (TPSA) is 30.7 Å². The van der Waals surface area contributed by atoms with E-state index in [4.69, 9.17) is 14.2 Å². The summed E-state index contributed by atoms with van der Waals surface area (Å²) in [6.07, 6.45) is 2.16. The van der Waals surface area contributed by atoms with Gasteiger partial charge in [-0.15, -0.1) is 0 Å². The number of hydrogen-bond donors (Lipinski definition) is 0. The van der Waals surface area contributed by atoms with Gasteiger partial charge in [-0.25, -0.2) is 4.58 Å². The van der Waals surface area contributed by atoms with Gasteiger partial charge in [0.15, 0.2) is 11.5 Å². The highest BCUT2D eigenvalue weighted by molar-refractivity contribution is 7.51. The molecule has 4 nitrogen and oxygen atoms in total. The predicted octanol–water partition coefficient (Wildman–Crippen LogP) is 7.44. The van der Waals surface area contributed by atoms with Gasteiger partial charge in [0, 0.05) is 16.2 Å². The van der Waals surface area contributed by atoms with E-state index in [9.17, 15) is 0 Å². The Kier molecular flexibility index (Phi) is 6.66. The van der Waals surface area contributed by atoms with Gasteiger partial charge in [-0.2, -0.15) is 0 Å². The number of nitrogens with zero attached hydrogens (tertiary/aromatic N) is 1. The molecule has 5 aromatic rings. The van der Waals surface area contributed by atoms with E-state index in [0.717, 1.165) is 41.0 Å². The molecule has 0 radical (unpaired) electrons. The highest BCUT2D eigenvalue weighted by atomic mass is 31.1. The standard InChI is InChI=1S/C34H33NO3P/c1-35(2)34-29-20-30(37-4)33(38-5)32(24-13-11-23(12-14-24)22-9-7-6-8-10-22)28(29)21-31-27-16-15-26(36-3)19-25(27)17-18-39(31)34/h6-16,19-21H,17-18H2,1-5H3/q+1. The third kappa shape index (κ3) is 4.30. The van der Waals surface area contributed by atoms with Crippen molar-refractivity contribution in [2.24, 2.45) is 0 Å². The Morgan fingerprint density at radius 2 is 1.41 bits per heavy atom. The minimum absolute atomic E-state index is 0.518. The molecule has 1 aromatic heterocycles. The molecule has 1 unspecified atom stereocenters. The van der Waals surface area contributed by atoms with E-state index in [-0.39, 0.29) is 0 Å². The van der Waals surface area contributed by atoms with E-state index in [1.165, 1.54) is 43.4 Å². The third-order valence-corrected chi connectivity index (χ3v) is 10.5. The molecule has 0 saturated carbocycles. The summed E-state index contributed by atoms with van der Waals surface area (Å²) in [6.45, 7) is 0. The van der Waals surface area contributed by atoms with Crippen LogP contribution in [0.4, 0.5) is 0 Å². The number of ether oxygens (including phenoxy) is 3. The molecule has 0 spiro atoms. The fourth-order valence-electron chi connectivity index (χ4n) is 5.88. The summed E-state index contributed by atoms with van der Waals surface area (Å²) >= 11 is 0. The van der Waals surface area contributed by atoms with Crippen LogP contribution < -0.4 is 23.9 Å². The summed E-state index contributed by atoms with van der Waals surface area (Å²) in [5.41, 5.74) is 7.25. The van der Waals surface area contributed by atoms with Crippen LogP contribution >= 0.6 is 7.53 Å². The molecule has 6 rings (SSSR count). The van der Waals surface area contributed by atoms with Gasteiger partial charge in [0.1, 0.15) is 19.8 Å². The van der Waals surface area contributed by atoms with E-state index >= 15 is 0 Å². The summed E-state index contributed by atoms with van der Waals surface area (Å²) in [5.74, 6) is 2.43. The lowest BCUT2D eigenvalue weighted by Gasteiger charge is -2.23. The third-order valence-electron chi connectivity index (χ3n) is 7.68. The predicted molar refractivity (Wildman–Crippen MR) is 163 cm³/mol. The first-order valence-corrected chi connectivity index (χ1v) is 14.7. The van der Waals surface area contributed by atoms with Gasteiger partial charge >= 0.3 is 0 Å². The summed E-state index contributed by atoms with van der Waals surface area (Å²) in [4.78, 5) is 0. The van der Waals surface area contributed by atoms with Gasteiger partial charge in [-0.3, -0.25) is 0 Å². The van der Waals surface area contributed by atoms with Crippen LogP contribution in [0.1, 0.15) is 5.56 Å². The molecule has 0 aliphatic carbocycles. The number of aryl methyl sites for hydroxylation is 1. The fraction of sp³-hybridized carbons (Fsp3) is 0.206. The maximum atomic E-state index is 6.05. The van der Waals surface area contributed by atoms with E-state index in [1.54, 1.807) is 21.3 Å². The van der Waals surface area contributed by atoms with E-state index in [1.807, 2.05) is 6.07 Å². The Morgan fingerprint density at radius 3 is 2.08 bits per heavy atom. The van der Waals surface area contributed by atoms with Crippen molar-refractivity contribution in [3.63, 3.8) is 0 Å². The van der Waals surface area contributed by atoms with Crippen molar-refractivity contribution in [2.45, 2.75) is 12.6 Å². The first kappa shape index (κ1) is 25.3. The van der Waals surface area contributed by atoms with Crippen molar-refractivity contribution in [3.8, 4) is 50.4 Å². The quantitative estimate of drug-likeness (QED) is 0.220. The van der Waals surface area contributed by atoms with Gasteiger partial charge in [0.25, 0.3) is 0 Å². The van der Waals surface area contributed by atoms with Crippen LogP contribution in [0.3, 0.4) is 0 Å². The Labute approximate surface area is 230 Å². The second-order valence-electron chi connectivity index (χ2n) is 10.1. The van der Waals surface area contributed by atoms with Gasteiger partial charge in [-0.1, -0.05) is 60.7 Å². The Bertz CT molecular complexity index is 1770. The molecular formula is C34H33NO3P+. The molecule has 196 valence electrons. The molecule has 0 N–H and O–H groups in total. The Morgan fingerprint density at radius 1 is 0.692 bits per heavy atom. The lowest BCUT2D eigenvalue weighted by Crippen LogP contribution is -2.23. The van der Waals surface area contributed by atoms with E-state index in [2.05, 4.69) is 97.5 Å². The highest BCUT2D eigenvalue weighted by Crippen LogP contribution is 2.51. The molecule has 0 bridgehead atoms. The first-order valence-electron chi connectivity index (χ1n) is 13.2. The zero-order valence-electron chi connectivity index (χ0n) is 23.1. The molecular weight excluding hydrogens is 501 g/mol. The summed E-state index contributed by atoms with van der Waals surface area (Å²) in [7, 11) is 9.00. The van der Waals surface area contributed by atoms with Crippen LogP contribution in [0.5, 0.6) is 17.2 Å². The number of methoxy groups -OCH3 is 3. The minimum atomic E-state index is -0.518. The lowest BCUT2D eigenvalue weighted by atomic mass is 9.94. The van der Waals surface area contributed by atoms with Crippen LogP contribution in [0.25, 0.3) is 43.9 Å². The summed E-state index contributed by atoms with van der Waals surface area (Å²) < 4.78 is 19.8. The maximum absolute atomic E-state index is 6.05. The van der Waals surface area contributed by atoms with Crippen LogP contribution in [-0.2, 0) is 12.6 Å². The van der Waals surface area contributed by atoms with Crippen molar-refractivity contribution in [3.05, 3.63) is 95.6 Å². The smallest absolute Gasteiger partial charge is 0.224 e. The van der Waals surface area contributed by atoms with E-state index in [0.29, 0.717) is 0 Å². The van der Waals surface area contributed by atoms with Gasteiger partial charge in [-0.05, 0) is 72.2 Å². The second-order valence-corrected chi connectivity index (χ2v) is 12.3. The molecule has 1 aliphatic rings. The summed E-state index contributed by atoms with van der Waals surface area (Å²) in [5, 5.41) is 5.20. The molecule has 5 heteroatoms. The van der Waals surface area contributed by atoms with Crippen LogP contribution in [0.15, 0.2) is 84.9 Å². The Hall–Kier alpha value is -4.01. The van der Waals surface area contributed by atoms with Crippen molar-refractivity contribution >= 4 is 18.3 Å². The zero-order valence-corrected chi connectivity index (χ0v) is 24.0. The molecule has 39 heavy (non-hydrogen) atoms.